The molecule has 152 valence electrons. The number of hydrogen-bond donors (Lipinski definition) is 2. The summed E-state index contributed by atoms with van der Waals surface area (Å²) < 4.78 is 0. The molecular weight excluding hydrogens is 336 g/mol. The Kier molecular flexibility index (Phi) is 24.0. The number of aliphatic carboxylic acids is 1. The molecule has 0 amide bonds. The second kappa shape index (κ2) is 23.9. The van der Waals surface area contributed by atoms with Crippen LogP contribution in [0, 0.1) is 0 Å². The predicted molar refractivity (Wildman–Crippen MR) is 118 cm³/mol. The fourth-order valence-electron chi connectivity index (χ4n) is 1.88. The van der Waals surface area contributed by atoms with E-state index in [9.17, 15) is 9.90 Å². The molecule has 1 atom stereocenters. The zero-order valence-electron chi connectivity index (χ0n) is 17.3. The van der Waals surface area contributed by atoms with Crippen LogP contribution in [0.2, 0.25) is 0 Å². The first-order valence-corrected chi connectivity index (χ1v) is 10.0. The monoisotopic (exact) mass is 374 g/mol. The third-order valence-corrected chi connectivity index (χ3v) is 3.22. The van der Waals surface area contributed by atoms with E-state index in [-0.39, 0.29) is 6.42 Å². The quantitative estimate of drug-likeness (QED) is 0.206. The number of unbranched alkanes of at least 4 members (excludes halogenated alkanes) is 1. The van der Waals surface area contributed by atoms with Crippen LogP contribution in [-0.2, 0) is 4.79 Å². The van der Waals surface area contributed by atoms with Gasteiger partial charge in [-0.3, -0.25) is 4.79 Å². The van der Waals surface area contributed by atoms with Gasteiger partial charge in [0.25, 0.3) is 0 Å². The smallest absolute Gasteiger partial charge is 0.303 e. The summed E-state index contributed by atoms with van der Waals surface area (Å²) in [6.07, 6.45) is 28.7. The minimum atomic E-state index is -0.737. The van der Waals surface area contributed by atoms with Crippen LogP contribution in [0.3, 0.4) is 0 Å². The van der Waals surface area contributed by atoms with Crippen molar-refractivity contribution in [3.8, 4) is 0 Å². The molecule has 0 saturated carbocycles. The molecule has 0 aliphatic carbocycles. The maximum atomic E-state index is 10.3. The van der Waals surface area contributed by atoms with Crippen LogP contribution >= 0.6 is 0 Å². The van der Waals surface area contributed by atoms with Crippen LogP contribution in [0.1, 0.15) is 65.7 Å². The Balaban J connectivity index is 0. The normalized spacial score (nSPS) is 13.5. The highest BCUT2D eigenvalue weighted by atomic mass is 16.4. The zero-order valence-corrected chi connectivity index (χ0v) is 17.3. The molecule has 0 radical (unpaired) electrons. The lowest BCUT2D eigenvalue weighted by Gasteiger charge is -1.98. The van der Waals surface area contributed by atoms with Crippen molar-refractivity contribution in [2.45, 2.75) is 71.8 Å². The number of hydrogen-bond acceptors (Lipinski definition) is 2. The number of allylic oxidation sites excluding steroid dienone is 10. The van der Waals surface area contributed by atoms with Gasteiger partial charge in [0.15, 0.2) is 0 Å². The number of carbonyl (C=O) groups is 1. The summed E-state index contributed by atoms with van der Waals surface area (Å²) in [5, 5.41) is 18.2. The summed E-state index contributed by atoms with van der Waals surface area (Å²) >= 11 is 0. The Morgan fingerprint density at radius 2 is 1.44 bits per heavy atom. The lowest BCUT2D eigenvalue weighted by molar-refractivity contribution is -0.137. The number of carboxylic acids is 1. The Labute approximate surface area is 166 Å². The van der Waals surface area contributed by atoms with Gasteiger partial charge in [-0.25, -0.2) is 0 Å². The highest BCUT2D eigenvalue weighted by Gasteiger charge is 1.93. The molecule has 0 unspecified atom stereocenters. The fraction of sp³-hybridized carbons (Fsp3) is 0.458. The number of aliphatic hydroxyl groups is 1. The number of carboxylic acid groups (broad SMARTS) is 1. The van der Waals surface area contributed by atoms with Gasteiger partial charge in [0.1, 0.15) is 0 Å². The second-order valence-electron chi connectivity index (χ2n) is 5.58. The van der Waals surface area contributed by atoms with Gasteiger partial charge in [-0.05, 0) is 38.5 Å². The fourth-order valence-corrected chi connectivity index (χ4v) is 1.88. The van der Waals surface area contributed by atoms with E-state index in [1.165, 1.54) is 0 Å². The van der Waals surface area contributed by atoms with Gasteiger partial charge < -0.3 is 10.2 Å². The third-order valence-electron chi connectivity index (χ3n) is 3.22. The highest BCUT2D eigenvalue weighted by molar-refractivity contribution is 5.66. The number of aliphatic hydroxyl groups excluding tert-OH is 1. The van der Waals surface area contributed by atoms with Crippen LogP contribution < -0.4 is 0 Å². The summed E-state index contributed by atoms with van der Waals surface area (Å²) in [6, 6.07) is 0. The molecule has 0 saturated heterocycles. The summed E-state index contributed by atoms with van der Waals surface area (Å²) in [6.45, 7) is 6.08. The first kappa shape index (κ1) is 27.1. The van der Waals surface area contributed by atoms with E-state index in [4.69, 9.17) is 5.11 Å². The van der Waals surface area contributed by atoms with Gasteiger partial charge in [-0.2, -0.15) is 0 Å². The molecule has 3 heteroatoms. The van der Waals surface area contributed by atoms with Gasteiger partial charge in [0.05, 0.1) is 6.10 Å². The van der Waals surface area contributed by atoms with Crippen molar-refractivity contribution in [1.29, 1.82) is 0 Å². The Bertz CT molecular complexity index is 494. The molecule has 0 rings (SSSR count). The van der Waals surface area contributed by atoms with Crippen LogP contribution in [0.5, 0.6) is 0 Å². The molecule has 0 aromatic heterocycles. The first-order valence-electron chi connectivity index (χ1n) is 10.0. The standard InChI is InChI=1S/C22H32O3.C2H6/c1-2-3-15-18-21(23)19-16-13-11-9-7-5-4-6-8-10-12-14-17-20-22(24)25;1-2/h3,5-8,10-13,15-16,19,21,23H,2,4,9,14,17-18,20H2,1H3,(H,24,25);1-2H3/b7-5-,8-6-,12-10+,13-11-,15-3-,19-16+;/t21-;/m0./s1. The molecular formula is C24H38O3. The summed E-state index contributed by atoms with van der Waals surface area (Å²) in [5.74, 6) is -0.737. The molecule has 0 aromatic rings. The van der Waals surface area contributed by atoms with Crippen molar-refractivity contribution in [2.24, 2.45) is 0 Å². The van der Waals surface area contributed by atoms with Crippen LogP contribution in [0.15, 0.2) is 72.9 Å². The molecule has 0 aromatic carbocycles. The van der Waals surface area contributed by atoms with E-state index >= 15 is 0 Å². The van der Waals surface area contributed by atoms with E-state index in [2.05, 4.69) is 31.2 Å². The van der Waals surface area contributed by atoms with E-state index in [1.54, 1.807) is 6.08 Å². The van der Waals surface area contributed by atoms with Crippen LogP contribution in [0.4, 0.5) is 0 Å². The summed E-state index contributed by atoms with van der Waals surface area (Å²) in [5.41, 5.74) is 0. The zero-order chi connectivity index (χ0) is 20.6. The maximum Gasteiger partial charge on any atom is 0.303 e. The second-order valence-corrected chi connectivity index (χ2v) is 5.58. The maximum absolute atomic E-state index is 10.3. The SMILES string of the molecule is CC.CC/C=C\C[C@H](O)/C=C/C=C\C/C=C\C/C=C\C=C\CCCC(=O)O. The van der Waals surface area contributed by atoms with Crippen molar-refractivity contribution in [3.05, 3.63) is 72.9 Å². The highest BCUT2D eigenvalue weighted by Crippen LogP contribution is 1.98. The van der Waals surface area contributed by atoms with Crippen LogP contribution in [0.25, 0.3) is 0 Å². The summed E-state index contributed by atoms with van der Waals surface area (Å²) in [7, 11) is 0. The number of rotatable bonds is 14. The molecule has 0 spiro atoms. The van der Waals surface area contributed by atoms with Crippen molar-refractivity contribution in [3.63, 3.8) is 0 Å². The van der Waals surface area contributed by atoms with Crippen molar-refractivity contribution < 1.29 is 15.0 Å². The molecule has 2 N–H and O–H groups in total. The average Bonchev–Trinajstić information content (AvgIpc) is 2.66. The average molecular weight is 375 g/mol. The van der Waals surface area contributed by atoms with E-state index < -0.39 is 12.1 Å². The minimum absolute atomic E-state index is 0.231. The van der Waals surface area contributed by atoms with Crippen molar-refractivity contribution >= 4 is 5.97 Å². The topological polar surface area (TPSA) is 57.5 Å². The Morgan fingerprint density at radius 1 is 0.852 bits per heavy atom. The lowest BCUT2D eigenvalue weighted by Crippen LogP contribution is -1.98. The molecule has 3 nitrogen and oxygen atoms in total. The van der Waals surface area contributed by atoms with E-state index in [1.807, 2.05) is 56.4 Å². The largest absolute Gasteiger partial charge is 0.481 e. The predicted octanol–water partition coefficient (Wildman–Crippen LogP) is 6.55. The Morgan fingerprint density at radius 3 is 2.04 bits per heavy atom. The van der Waals surface area contributed by atoms with Gasteiger partial charge in [-0.15, -0.1) is 0 Å². The van der Waals surface area contributed by atoms with Gasteiger partial charge >= 0.3 is 5.97 Å². The summed E-state index contributed by atoms with van der Waals surface area (Å²) in [4.78, 5) is 10.3. The molecule has 0 heterocycles. The molecule has 27 heavy (non-hydrogen) atoms. The molecule has 0 fully saturated rings. The van der Waals surface area contributed by atoms with E-state index in [0.29, 0.717) is 12.8 Å². The van der Waals surface area contributed by atoms with Gasteiger partial charge in [0.2, 0.25) is 0 Å². The van der Waals surface area contributed by atoms with Gasteiger partial charge in [-0.1, -0.05) is 93.7 Å². The van der Waals surface area contributed by atoms with Crippen LogP contribution in [-0.4, -0.2) is 22.3 Å². The van der Waals surface area contributed by atoms with E-state index in [0.717, 1.165) is 25.7 Å². The third kappa shape index (κ3) is 26.2. The first-order chi connectivity index (χ1) is 13.2. The Hall–Kier alpha value is -2.13. The lowest BCUT2D eigenvalue weighted by atomic mass is 10.2. The van der Waals surface area contributed by atoms with Gasteiger partial charge in [0, 0.05) is 6.42 Å². The van der Waals surface area contributed by atoms with Crippen molar-refractivity contribution in [1.82, 2.24) is 0 Å². The molecule has 0 bridgehead atoms. The van der Waals surface area contributed by atoms with Crippen molar-refractivity contribution in [2.75, 3.05) is 0 Å². The minimum Gasteiger partial charge on any atom is -0.481 e. The molecule has 0 aliphatic rings. The molecule has 0 aliphatic heterocycles.